The van der Waals surface area contributed by atoms with E-state index in [1.54, 1.807) is 0 Å². The Labute approximate surface area is 131 Å². The molecule has 3 rings (SSSR count). The van der Waals surface area contributed by atoms with Crippen LogP contribution in [0.2, 0.25) is 0 Å². The number of rotatable bonds is 6. The van der Waals surface area contributed by atoms with Gasteiger partial charge in [0.15, 0.2) is 5.78 Å². The first-order valence-electron chi connectivity index (χ1n) is 8.17. The third kappa shape index (κ3) is 2.93. The highest BCUT2D eigenvalue weighted by Gasteiger charge is 2.53. The van der Waals surface area contributed by atoms with Crippen LogP contribution in [0, 0.1) is 0 Å². The van der Waals surface area contributed by atoms with Crippen molar-refractivity contribution in [3.63, 3.8) is 0 Å². The van der Waals surface area contributed by atoms with Gasteiger partial charge in [0.25, 0.3) is 0 Å². The number of likely N-dealkylation sites (tertiary alicyclic amines) is 1. The molecule has 22 heavy (non-hydrogen) atoms. The molecule has 0 bridgehead atoms. The molecule has 1 aliphatic heterocycles. The largest absolute Gasteiger partial charge is 0.389 e. The molecule has 0 spiro atoms. The van der Waals surface area contributed by atoms with Crippen molar-refractivity contribution < 1.29 is 14.7 Å². The Kier molecular flexibility index (Phi) is 4.30. The summed E-state index contributed by atoms with van der Waals surface area (Å²) in [6.07, 6.45) is 5.16. The molecule has 0 atom stereocenters. The number of ketones is 1. The Balaban J connectivity index is 1.67. The van der Waals surface area contributed by atoms with Crippen LogP contribution in [0.25, 0.3) is 0 Å². The maximum absolute atomic E-state index is 12.7. The summed E-state index contributed by atoms with van der Waals surface area (Å²) < 4.78 is 0. The van der Waals surface area contributed by atoms with Crippen molar-refractivity contribution >= 4 is 11.7 Å². The molecule has 4 heteroatoms. The molecular formula is C18H23NO3. The van der Waals surface area contributed by atoms with E-state index in [4.69, 9.17) is 5.11 Å². The molecule has 1 aromatic rings. The molecule has 4 nitrogen and oxygen atoms in total. The van der Waals surface area contributed by atoms with Crippen LogP contribution in [0.3, 0.4) is 0 Å². The number of Topliss-reactive ketones (excluding diaryl/α,β-unsaturated/α-hetero) is 1. The second-order valence-electron chi connectivity index (χ2n) is 6.48. The molecule has 2 aliphatic rings. The van der Waals surface area contributed by atoms with Gasteiger partial charge in [0.2, 0.25) is 5.91 Å². The van der Waals surface area contributed by atoms with E-state index in [1.165, 1.54) is 0 Å². The fourth-order valence-electron chi connectivity index (χ4n) is 3.33. The third-order valence-electron chi connectivity index (χ3n) is 4.93. The van der Waals surface area contributed by atoms with Crippen molar-refractivity contribution in [3.8, 4) is 0 Å². The van der Waals surface area contributed by atoms with Gasteiger partial charge < -0.3 is 10.0 Å². The first kappa shape index (κ1) is 15.2. The summed E-state index contributed by atoms with van der Waals surface area (Å²) in [6.45, 7) is 1.43. The first-order chi connectivity index (χ1) is 10.7. The van der Waals surface area contributed by atoms with Crippen LogP contribution >= 0.6 is 0 Å². The van der Waals surface area contributed by atoms with Crippen LogP contribution in [-0.4, -0.2) is 41.4 Å². The Morgan fingerprint density at radius 2 is 1.73 bits per heavy atom. The molecule has 1 amide bonds. The van der Waals surface area contributed by atoms with Crippen LogP contribution in [0.15, 0.2) is 24.3 Å². The molecule has 1 heterocycles. The molecule has 0 unspecified atom stereocenters. The molecule has 118 valence electrons. The summed E-state index contributed by atoms with van der Waals surface area (Å²) in [5, 5.41) is 8.75. The molecule has 1 saturated carbocycles. The zero-order valence-electron chi connectivity index (χ0n) is 12.9. The molecule has 2 fully saturated rings. The molecule has 1 aliphatic carbocycles. The van der Waals surface area contributed by atoms with Crippen molar-refractivity contribution in [2.75, 3.05) is 19.7 Å². The summed E-state index contributed by atoms with van der Waals surface area (Å²) in [5.74, 6) is 0.167. The lowest BCUT2D eigenvalue weighted by molar-refractivity contribution is -0.132. The van der Waals surface area contributed by atoms with Crippen molar-refractivity contribution in [1.82, 2.24) is 4.90 Å². The SMILES string of the molecule is O=C(CO)CCc1ccc(C2(C(=O)N3CCCC3)CC2)cc1. The number of aliphatic hydroxyl groups excluding tert-OH is 1. The minimum Gasteiger partial charge on any atom is -0.389 e. The van der Waals surface area contributed by atoms with Gasteiger partial charge in [-0.05, 0) is 43.2 Å². The normalized spacial score (nSPS) is 19.2. The Hall–Kier alpha value is -1.68. The summed E-state index contributed by atoms with van der Waals surface area (Å²) in [6, 6.07) is 8.11. The molecule has 0 radical (unpaired) electrons. The fourth-order valence-corrected chi connectivity index (χ4v) is 3.33. The number of nitrogens with zero attached hydrogens (tertiary/aromatic N) is 1. The monoisotopic (exact) mass is 301 g/mol. The summed E-state index contributed by atoms with van der Waals surface area (Å²) in [7, 11) is 0. The quantitative estimate of drug-likeness (QED) is 0.872. The average molecular weight is 301 g/mol. The van der Waals surface area contributed by atoms with Gasteiger partial charge in [0.1, 0.15) is 6.61 Å². The highest BCUT2D eigenvalue weighted by molar-refractivity contribution is 5.91. The second-order valence-corrected chi connectivity index (χ2v) is 6.48. The zero-order valence-corrected chi connectivity index (χ0v) is 12.9. The topological polar surface area (TPSA) is 57.6 Å². The highest BCUT2D eigenvalue weighted by Crippen LogP contribution is 2.50. The van der Waals surface area contributed by atoms with E-state index < -0.39 is 0 Å². The molecule has 0 aromatic heterocycles. The Morgan fingerprint density at radius 1 is 1.09 bits per heavy atom. The second kappa shape index (κ2) is 6.21. The van der Waals surface area contributed by atoms with E-state index >= 15 is 0 Å². The maximum Gasteiger partial charge on any atom is 0.233 e. The summed E-state index contributed by atoms with van der Waals surface area (Å²) in [4.78, 5) is 25.9. The van der Waals surface area contributed by atoms with Crippen molar-refractivity contribution in [2.45, 2.75) is 43.9 Å². The lowest BCUT2D eigenvalue weighted by atomic mass is 9.92. The number of carbonyl (C=O) groups excluding carboxylic acids is 2. The molecular weight excluding hydrogens is 278 g/mol. The third-order valence-corrected chi connectivity index (χ3v) is 4.93. The predicted molar refractivity (Wildman–Crippen MR) is 83.6 cm³/mol. The number of aryl methyl sites for hydroxylation is 1. The maximum atomic E-state index is 12.7. The van der Waals surface area contributed by atoms with E-state index in [0.717, 1.165) is 49.9 Å². The number of hydrogen-bond donors (Lipinski definition) is 1. The van der Waals surface area contributed by atoms with Gasteiger partial charge in [-0.25, -0.2) is 0 Å². The average Bonchev–Trinajstić information content (AvgIpc) is 3.18. The minimum absolute atomic E-state index is 0.132. The standard InChI is InChI=1S/C18H23NO3/c20-13-16(21)8-5-14-3-6-15(7-4-14)18(9-10-18)17(22)19-11-1-2-12-19/h3-4,6-7,20H,1-2,5,8-13H2. The van der Waals surface area contributed by atoms with Gasteiger partial charge in [-0.3, -0.25) is 9.59 Å². The predicted octanol–water partition coefficient (Wildman–Crippen LogP) is 1.83. The Morgan fingerprint density at radius 3 is 2.27 bits per heavy atom. The van der Waals surface area contributed by atoms with Crippen molar-refractivity contribution in [1.29, 1.82) is 0 Å². The van der Waals surface area contributed by atoms with Gasteiger partial charge >= 0.3 is 0 Å². The molecule has 1 aromatic carbocycles. The number of hydrogen-bond acceptors (Lipinski definition) is 3. The number of amides is 1. The van der Waals surface area contributed by atoms with Gasteiger partial charge in [-0.15, -0.1) is 0 Å². The molecule has 1 N–H and O–H groups in total. The van der Waals surface area contributed by atoms with E-state index in [9.17, 15) is 9.59 Å². The van der Waals surface area contributed by atoms with E-state index in [0.29, 0.717) is 18.7 Å². The van der Waals surface area contributed by atoms with Crippen LogP contribution in [0.5, 0.6) is 0 Å². The lowest BCUT2D eigenvalue weighted by Gasteiger charge is -2.23. The van der Waals surface area contributed by atoms with E-state index in [1.807, 2.05) is 29.2 Å². The summed E-state index contributed by atoms with van der Waals surface area (Å²) >= 11 is 0. The van der Waals surface area contributed by atoms with Gasteiger partial charge in [0.05, 0.1) is 5.41 Å². The first-order valence-corrected chi connectivity index (χ1v) is 8.17. The van der Waals surface area contributed by atoms with Crippen LogP contribution in [-0.2, 0) is 21.4 Å². The van der Waals surface area contributed by atoms with Crippen molar-refractivity contribution in [3.05, 3.63) is 35.4 Å². The van der Waals surface area contributed by atoms with Crippen LogP contribution < -0.4 is 0 Å². The highest BCUT2D eigenvalue weighted by atomic mass is 16.3. The molecule has 1 saturated heterocycles. The zero-order chi connectivity index (χ0) is 15.6. The number of benzene rings is 1. The fraction of sp³-hybridized carbons (Fsp3) is 0.556. The minimum atomic E-state index is -0.383. The smallest absolute Gasteiger partial charge is 0.233 e. The van der Waals surface area contributed by atoms with Crippen molar-refractivity contribution in [2.24, 2.45) is 0 Å². The van der Waals surface area contributed by atoms with Gasteiger partial charge in [0, 0.05) is 19.5 Å². The van der Waals surface area contributed by atoms with E-state index in [2.05, 4.69) is 0 Å². The number of carbonyl (C=O) groups is 2. The number of aliphatic hydroxyl groups is 1. The van der Waals surface area contributed by atoms with E-state index in [-0.39, 0.29) is 17.8 Å². The van der Waals surface area contributed by atoms with Gasteiger partial charge in [-0.2, -0.15) is 0 Å². The van der Waals surface area contributed by atoms with Crippen LogP contribution in [0.4, 0.5) is 0 Å². The Bertz CT molecular complexity index is 554. The van der Waals surface area contributed by atoms with Crippen LogP contribution in [0.1, 0.15) is 43.2 Å². The lowest BCUT2D eigenvalue weighted by Crippen LogP contribution is -2.37. The van der Waals surface area contributed by atoms with Gasteiger partial charge in [-0.1, -0.05) is 24.3 Å². The summed E-state index contributed by atoms with van der Waals surface area (Å²) in [5.41, 5.74) is 1.92.